The lowest BCUT2D eigenvalue weighted by atomic mass is 9.81. The molecule has 0 amide bonds. The van der Waals surface area contributed by atoms with Gasteiger partial charge in [0.1, 0.15) is 5.82 Å². The lowest BCUT2D eigenvalue weighted by molar-refractivity contribution is -0.150. The summed E-state index contributed by atoms with van der Waals surface area (Å²) < 4.78 is 18.5. The number of hydrogen-bond donors (Lipinski definition) is 0. The van der Waals surface area contributed by atoms with Gasteiger partial charge in [0.25, 0.3) is 0 Å². The molecular formula is C15H20FNO2. The lowest BCUT2D eigenvalue weighted by Gasteiger charge is -2.35. The summed E-state index contributed by atoms with van der Waals surface area (Å²) in [5.74, 6) is -0.579. The summed E-state index contributed by atoms with van der Waals surface area (Å²) in [5, 5.41) is 0. The van der Waals surface area contributed by atoms with Gasteiger partial charge in [0, 0.05) is 12.5 Å². The predicted molar refractivity (Wildman–Crippen MR) is 71.4 cm³/mol. The number of nitrogens with zero attached hydrogens (tertiary/aromatic N) is 1. The molecule has 1 saturated heterocycles. The Morgan fingerprint density at radius 3 is 3.00 bits per heavy atom. The van der Waals surface area contributed by atoms with Crippen LogP contribution < -0.4 is 0 Å². The normalized spacial score (nSPS) is 24.2. The van der Waals surface area contributed by atoms with Crippen LogP contribution in [0.1, 0.15) is 24.8 Å². The van der Waals surface area contributed by atoms with Gasteiger partial charge in [-0.25, -0.2) is 4.39 Å². The van der Waals surface area contributed by atoms with E-state index in [1.807, 2.05) is 20.0 Å². The molecule has 0 aliphatic carbocycles. The summed E-state index contributed by atoms with van der Waals surface area (Å²) in [5.41, 5.74) is 0.879. The fourth-order valence-electron chi connectivity index (χ4n) is 2.72. The first-order valence-electron chi connectivity index (χ1n) is 6.72. The van der Waals surface area contributed by atoms with E-state index in [2.05, 4.69) is 4.90 Å². The van der Waals surface area contributed by atoms with Gasteiger partial charge >= 0.3 is 5.97 Å². The number of ether oxygens (including phenoxy) is 1. The maximum Gasteiger partial charge on any atom is 0.309 e. The van der Waals surface area contributed by atoms with Gasteiger partial charge in [0.15, 0.2) is 0 Å². The second-order valence-corrected chi connectivity index (χ2v) is 5.07. The van der Waals surface area contributed by atoms with Crippen LogP contribution in [0.25, 0.3) is 0 Å². The molecule has 104 valence electrons. The summed E-state index contributed by atoms with van der Waals surface area (Å²) >= 11 is 0. The van der Waals surface area contributed by atoms with E-state index in [0.717, 1.165) is 25.1 Å². The molecular weight excluding hydrogens is 245 g/mol. The monoisotopic (exact) mass is 265 g/mol. The van der Waals surface area contributed by atoms with Gasteiger partial charge in [0.2, 0.25) is 0 Å². The van der Waals surface area contributed by atoms with Crippen molar-refractivity contribution in [1.29, 1.82) is 0 Å². The molecule has 0 saturated carbocycles. The summed E-state index contributed by atoms with van der Waals surface area (Å²) in [6.07, 6.45) is 0.760. The van der Waals surface area contributed by atoms with Crippen LogP contribution in [0.5, 0.6) is 0 Å². The van der Waals surface area contributed by atoms with Crippen molar-refractivity contribution in [2.75, 3.05) is 26.7 Å². The van der Waals surface area contributed by atoms with Gasteiger partial charge in [-0.2, -0.15) is 0 Å². The molecule has 4 heteroatoms. The van der Waals surface area contributed by atoms with Crippen LogP contribution in [0.4, 0.5) is 4.39 Å². The molecule has 1 aliphatic heterocycles. The summed E-state index contributed by atoms with van der Waals surface area (Å²) in [6, 6.07) is 6.53. The van der Waals surface area contributed by atoms with Crippen molar-refractivity contribution in [2.24, 2.45) is 5.92 Å². The molecule has 2 atom stereocenters. The third-order valence-corrected chi connectivity index (χ3v) is 3.68. The second-order valence-electron chi connectivity index (χ2n) is 5.07. The van der Waals surface area contributed by atoms with E-state index >= 15 is 0 Å². The number of likely N-dealkylation sites (N-methyl/N-ethyl adjacent to an activating group) is 1. The number of halogens is 1. The highest BCUT2D eigenvalue weighted by Gasteiger charge is 2.35. The smallest absolute Gasteiger partial charge is 0.309 e. The van der Waals surface area contributed by atoms with Crippen LogP contribution in [0, 0.1) is 11.7 Å². The molecule has 0 spiro atoms. The van der Waals surface area contributed by atoms with Crippen molar-refractivity contribution in [3.63, 3.8) is 0 Å². The Morgan fingerprint density at radius 1 is 1.53 bits per heavy atom. The van der Waals surface area contributed by atoms with E-state index in [0.29, 0.717) is 6.61 Å². The molecule has 1 aromatic rings. The summed E-state index contributed by atoms with van der Waals surface area (Å²) in [7, 11) is 2.02. The largest absolute Gasteiger partial charge is 0.466 e. The van der Waals surface area contributed by atoms with E-state index in [-0.39, 0.29) is 23.6 Å². The Hall–Kier alpha value is -1.42. The van der Waals surface area contributed by atoms with Crippen molar-refractivity contribution < 1.29 is 13.9 Å². The Bertz CT molecular complexity index is 450. The Labute approximate surface area is 113 Å². The number of rotatable bonds is 3. The molecule has 3 nitrogen and oxygen atoms in total. The van der Waals surface area contributed by atoms with Crippen molar-refractivity contribution >= 4 is 5.97 Å². The number of carbonyl (C=O) groups is 1. The maximum absolute atomic E-state index is 13.4. The van der Waals surface area contributed by atoms with Crippen LogP contribution in [-0.4, -0.2) is 37.6 Å². The molecule has 0 bridgehead atoms. The van der Waals surface area contributed by atoms with E-state index in [9.17, 15) is 9.18 Å². The second kappa shape index (κ2) is 6.15. The SMILES string of the molecule is CCOC(=O)[C@@H]1CCN(C)C[C@H]1c1cccc(F)c1. The first-order chi connectivity index (χ1) is 9.11. The van der Waals surface area contributed by atoms with Crippen LogP contribution in [0.15, 0.2) is 24.3 Å². The zero-order chi connectivity index (χ0) is 13.8. The van der Waals surface area contributed by atoms with Gasteiger partial charge < -0.3 is 9.64 Å². The van der Waals surface area contributed by atoms with Crippen molar-refractivity contribution in [3.05, 3.63) is 35.6 Å². The topological polar surface area (TPSA) is 29.5 Å². The molecule has 0 radical (unpaired) electrons. The molecule has 1 aromatic carbocycles. The predicted octanol–water partition coefficient (Wildman–Crippen LogP) is 2.42. The van der Waals surface area contributed by atoms with Gasteiger partial charge in [0.05, 0.1) is 12.5 Å². The van der Waals surface area contributed by atoms with E-state index in [1.165, 1.54) is 12.1 Å². The zero-order valence-corrected chi connectivity index (χ0v) is 11.4. The number of esters is 1. The molecule has 0 unspecified atom stereocenters. The fourth-order valence-corrected chi connectivity index (χ4v) is 2.72. The molecule has 2 rings (SSSR count). The van der Waals surface area contributed by atoms with Crippen molar-refractivity contribution in [3.8, 4) is 0 Å². The highest BCUT2D eigenvalue weighted by Crippen LogP contribution is 2.33. The quantitative estimate of drug-likeness (QED) is 0.786. The first-order valence-corrected chi connectivity index (χ1v) is 6.72. The zero-order valence-electron chi connectivity index (χ0n) is 11.4. The molecule has 0 aromatic heterocycles. The Kier molecular flexibility index (Phi) is 4.53. The Balaban J connectivity index is 2.23. The molecule has 1 fully saturated rings. The van der Waals surface area contributed by atoms with Crippen molar-refractivity contribution in [2.45, 2.75) is 19.3 Å². The van der Waals surface area contributed by atoms with Crippen LogP contribution >= 0.6 is 0 Å². The number of piperidine rings is 1. The van der Waals surface area contributed by atoms with E-state index < -0.39 is 0 Å². The fraction of sp³-hybridized carbons (Fsp3) is 0.533. The minimum atomic E-state index is -0.256. The Morgan fingerprint density at radius 2 is 2.32 bits per heavy atom. The maximum atomic E-state index is 13.4. The van der Waals surface area contributed by atoms with E-state index in [4.69, 9.17) is 4.74 Å². The average molecular weight is 265 g/mol. The standard InChI is InChI=1S/C15H20FNO2/c1-3-19-15(18)13-7-8-17(2)10-14(13)11-5-4-6-12(16)9-11/h4-6,9,13-14H,3,7-8,10H2,1-2H3/t13-,14+/m1/s1. The highest BCUT2D eigenvalue weighted by atomic mass is 19.1. The first kappa shape index (κ1) is 14.0. The van der Waals surface area contributed by atoms with E-state index in [1.54, 1.807) is 6.07 Å². The molecule has 0 N–H and O–H groups in total. The number of carbonyl (C=O) groups excluding carboxylic acids is 1. The van der Waals surface area contributed by atoms with Gasteiger partial charge in [-0.15, -0.1) is 0 Å². The highest BCUT2D eigenvalue weighted by molar-refractivity contribution is 5.74. The third kappa shape index (κ3) is 3.32. The summed E-state index contributed by atoms with van der Waals surface area (Å²) in [4.78, 5) is 14.2. The van der Waals surface area contributed by atoms with Crippen molar-refractivity contribution in [1.82, 2.24) is 4.90 Å². The number of hydrogen-bond acceptors (Lipinski definition) is 3. The molecule has 1 heterocycles. The minimum absolute atomic E-state index is 0.00787. The van der Waals surface area contributed by atoms with Crippen LogP contribution in [-0.2, 0) is 9.53 Å². The van der Waals surface area contributed by atoms with Gasteiger partial charge in [-0.1, -0.05) is 12.1 Å². The number of likely N-dealkylation sites (tertiary alicyclic amines) is 1. The molecule has 19 heavy (non-hydrogen) atoms. The summed E-state index contributed by atoms with van der Waals surface area (Å²) in [6.45, 7) is 3.83. The van der Waals surface area contributed by atoms with Gasteiger partial charge in [-0.05, 0) is 44.6 Å². The minimum Gasteiger partial charge on any atom is -0.466 e. The van der Waals surface area contributed by atoms with Crippen LogP contribution in [0.3, 0.4) is 0 Å². The molecule has 1 aliphatic rings. The average Bonchev–Trinajstić information content (AvgIpc) is 2.39. The number of benzene rings is 1. The third-order valence-electron chi connectivity index (χ3n) is 3.68. The van der Waals surface area contributed by atoms with Gasteiger partial charge in [-0.3, -0.25) is 4.79 Å². The van der Waals surface area contributed by atoms with Crippen LogP contribution in [0.2, 0.25) is 0 Å². The lowest BCUT2D eigenvalue weighted by Crippen LogP contribution is -2.40.